The molecule has 1 aromatic carbocycles. The molecular formula is C24H31N3OS. The van der Waals surface area contributed by atoms with Crippen molar-refractivity contribution in [3.05, 3.63) is 65.5 Å². The Hall–Kier alpha value is -1.85. The Balaban J connectivity index is 1.49. The summed E-state index contributed by atoms with van der Waals surface area (Å²) in [5.74, 6) is 1.47. The van der Waals surface area contributed by atoms with E-state index in [0.29, 0.717) is 17.6 Å². The molecule has 0 N–H and O–H groups in total. The molecule has 0 aliphatic carbocycles. The Kier molecular flexibility index (Phi) is 6.26. The van der Waals surface area contributed by atoms with Gasteiger partial charge in [0.2, 0.25) is 5.91 Å². The van der Waals surface area contributed by atoms with Crippen LogP contribution in [-0.4, -0.2) is 58.9 Å². The lowest BCUT2D eigenvalue weighted by Crippen LogP contribution is -2.37. The Bertz CT molecular complexity index is 843. The highest BCUT2D eigenvalue weighted by atomic mass is 32.2. The average Bonchev–Trinajstić information content (AvgIpc) is 3.23. The number of likely N-dealkylation sites (tertiary alicyclic amines) is 2. The number of nitrogens with zero attached hydrogens (tertiary/aromatic N) is 3. The molecule has 0 bridgehead atoms. The molecule has 2 aliphatic heterocycles. The molecule has 2 saturated heterocycles. The molecule has 0 radical (unpaired) electrons. The summed E-state index contributed by atoms with van der Waals surface area (Å²) < 4.78 is 0. The molecule has 2 aliphatic rings. The lowest BCUT2D eigenvalue weighted by atomic mass is 9.76. The number of thioether (sulfide) groups is 1. The number of carbonyl (C=O) groups excluding carboxylic acids is 1. The van der Waals surface area contributed by atoms with Crippen LogP contribution in [0.25, 0.3) is 0 Å². The van der Waals surface area contributed by atoms with Crippen LogP contribution in [0.3, 0.4) is 0 Å². The first kappa shape index (κ1) is 20.4. The Morgan fingerprint density at radius 1 is 1.17 bits per heavy atom. The van der Waals surface area contributed by atoms with Gasteiger partial charge in [0.1, 0.15) is 0 Å². The zero-order valence-electron chi connectivity index (χ0n) is 17.5. The molecule has 0 saturated carbocycles. The van der Waals surface area contributed by atoms with Crippen LogP contribution in [-0.2, 0) is 17.8 Å². The fourth-order valence-corrected chi connectivity index (χ4v) is 5.57. The van der Waals surface area contributed by atoms with Gasteiger partial charge in [0.15, 0.2) is 0 Å². The van der Waals surface area contributed by atoms with Crippen molar-refractivity contribution in [2.45, 2.75) is 26.3 Å². The Morgan fingerprint density at radius 2 is 2.00 bits per heavy atom. The normalized spacial score (nSPS) is 24.1. The number of rotatable bonds is 7. The van der Waals surface area contributed by atoms with Crippen LogP contribution in [0.2, 0.25) is 0 Å². The van der Waals surface area contributed by atoms with Crippen LogP contribution in [0.1, 0.15) is 23.2 Å². The van der Waals surface area contributed by atoms with Crippen LogP contribution >= 0.6 is 11.8 Å². The first-order valence-electron chi connectivity index (χ1n) is 10.5. The molecule has 1 amide bonds. The molecule has 154 valence electrons. The molecule has 1 aromatic heterocycles. The van der Waals surface area contributed by atoms with Gasteiger partial charge in [-0.25, -0.2) is 0 Å². The predicted octanol–water partition coefficient (Wildman–Crippen LogP) is 3.65. The van der Waals surface area contributed by atoms with E-state index in [1.807, 2.05) is 18.5 Å². The number of aromatic nitrogens is 1. The summed E-state index contributed by atoms with van der Waals surface area (Å²) in [5, 5.41) is 0. The second-order valence-corrected chi connectivity index (χ2v) is 9.54. The third-order valence-electron chi connectivity index (χ3n) is 6.71. The Morgan fingerprint density at radius 3 is 2.76 bits per heavy atom. The minimum absolute atomic E-state index is 0.208. The van der Waals surface area contributed by atoms with E-state index < -0.39 is 0 Å². The predicted molar refractivity (Wildman–Crippen MR) is 120 cm³/mol. The summed E-state index contributed by atoms with van der Waals surface area (Å²) in [6.45, 7) is 7.03. The van der Waals surface area contributed by atoms with E-state index in [1.54, 1.807) is 11.8 Å². The summed E-state index contributed by atoms with van der Waals surface area (Å²) in [4.78, 5) is 21.8. The second-order valence-electron chi connectivity index (χ2n) is 8.67. The molecule has 2 aromatic rings. The van der Waals surface area contributed by atoms with Gasteiger partial charge in [-0.05, 0) is 49.1 Å². The highest BCUT2D eigenvalue weighted by molar-refractivity contribution is 7.99. The van der Waals surface area contributed by atoms with Crippen LogP contribution in [0, 0.1) is 18.3 Å². The number of hydrogen-bond acceptors (Lipinski definition) is 4. The highest BCUT2D eigenvalue weighted by Crippen LogP contribution is 2.46. The van der Waals surface area contributed by atoms with Crippen molar-refractivity contribution in [2.75, 3.05) is 38.2 Å². The standard InChI is InChI=1S/C24H31N3OS/c1-19-21(9-6-12-25-19)13-26-14-22-15-27(23(28)16-29-2)18-24(22,17-26)11-10-20-7-4-3-5-8-20/h3-9,12,22H,10-11,13-18H2,1-2H3. The van der Waals surface area contributed by atoms with Crippen molar-refractivity contribution in [2.24, 2.45) is 11.3 Å². The van der Waals surface area contributed by atoms with Crippen molar-refractivity contribution in [3.8, 4) is 0 Å². The molecule has 2 fully saturated rings. The fourth-order valence-electron chi connectivity index (χ4n) is 5.14. The van der Waals surface area contributed by atoms with Gasteiger partial charge in [0.25, 0.3) is 0 Å². The van der Waals surface area contributed by atoms with Gasteiger partial charge in [-0.2, -0.15) is 11.8 Å². The number of pyridine rings is 1. The molecule has 4 rings (SSSR count). The van der Waals surface area contributed by atoms with Crippen molar-refractivity contribution in [1.82, 2.24) is 14.8 Å². The first-order chi connectivity index (χ1) is 14.1. The maximum atomic E-state index is 12.6. The molecule has 3 heterocycles. The summed E-state index contributed by atoms with van der Waals surface area (Å²) in [6.07, 6.45) is 6.11. The van der Waals surface area contributed by atoms with Crippen LogP contribution in [0.5, 0.6) is 0 Å². The summed E-state index contributed by atoms with van der Waals surface area (Å²) in [5.41, 5.74) is 4.05. The minimum atomic E-state index is 0.208. The summed E-state index contributed by atoms with van der Waals surface area (Å²) >= 11 is 1.63. The van der Waals surface area contributed by atoms with E-state index in [9.17, 15) is 4.79 Å². The highest BCUT2D eigenvalue weighted by Gasteiger charge is 2.52. The SMILES string of the molecule is CSCC(=O)N1CC2CN(Cc3cccnc3C)CC2(CCc2ccccc2)C1. The third-order valence-corrected chi connectivity index (χ3v) is 7.25. The maximum absolute atomic E-state index is 12.6. The molecule has 0 spiro atoms. The van der Waals surface area contributed by atoms with Crippen molar-refractivity contribution >= 4 is 17.7 Å². The number of benzene rings is 1. The van der Waals surface area contributed by atoms with Gasteiger partial charge in [0, 0.05) is 50.0 Å². The molecule has 4 nitrogen and oxygen atoms in total. The number of carbonyl (C=O) groups is 1. The quantitative estimate of drug-likeness (QED) is 0.699. The van der Waals surface area contributed by atoms with Crippen LogP contribution in [0.15, 0.2) is 48.7 Å². The lowest BCUT2D eigenvalue weighted by molar-refractivity contribution is -0.128. The second kappa shape index (κ2) is 8.88. The molecular weight excluding hydrogens is 378 g/mol. The Labute approximate surface area is 178 Å². The molecule has 5 heteroatoms. The lowest BCUT2D eigenvalue weighted by Gasteiger charge is -2.30. The van der Waals surface area contributed by atoms with E-state index in [-0.39, 0.29) is 5.41 Å². The minimum Gasteiger partial charge on any atom is -0.341 e. The number of amides is 1. The van der Waals surface area contributed by atoms with Crippen LogP contribution < -0.4 is 0 Å². The summed E-state index contributed by atoms with van der Waals surface area (Å²) in [6, 6.07) is 15.0. The largest absolute Gasteiger partial charge is 0.341 e. The van der Waals surface area contributed by atoms with Gasteiger partial charge in [-0.15, -0.1) is 0 Å². The monoisotopic (exact) mass is 409 g/mol. The van der Waals surface area contributed by atoms with Crippen molar-refractivity contribution in [1.29, 1.82) is 0 Å². The van der Waals surface area contributed by atoms with Gasteiger partial charge in [0.05, 0.1) is 5.75 Å². The summed E-state index contributed by atoms with van der Waals surface area (Å²) in [7, 11) is 0. The van der Waals surface area contributed by atoms with E-state index in [1.165, 1.54) is 11.1 Å². The van der Waals surface area contributed by atoms with Gasteiger partial charge in [-0.3, -0.25) is 14.7 Å². The molecule has 2 atom stereocenters. The smallest absolute Gasteiger partial charge is 0.232 e. The van der Waals surface area contributed by atoms with Gasteiger partial charge >= 0.3 is 0 Å². The fraction of sp³-hybridized carbons (Fsp3) is 0.500. The topological polar surface area (TPSA) is 36.4 Å². The average molecular weight is 410 g/mol. The van der Waals surface area contributed by atoms with E-state index in [2.05, 4.69) is 58.1 Å². The number of fused-ring (bicyclic) bond motifs is 1. The van der Waals surface area contributed by atoms with E-state index in [4.69, 9.17) is 0 Å². The molecule has 2 unspecified atom stereocenters. The van der Waals surface area contributed by atoms with E-state index in [0.717, 1.165) is 51.3 Å². The van der Waals surface area contributed by atoms with Crippen LogP contribution in [0.4, 0.5) is 0 Å². The van der Waals surface area contributed by atoms with E-state index >= 15 is 0 Å². The zero-order chi connectivity index (χ0) is 20.3. The van der Waals surface area contributed by atoms with Crippen molar-refractivity contribution in [3.63, 3.8) is 0 Å². The zero-order valence-corrected chi connectivity index (χ0v) is 18.3. The van der Waals surface area contributed by atoms with Gasteiger partial charge in [-0.1, -0.05) is 36.4 Å². The number of aryl methyl sites for hydroxylation is 2. The number of hydrogen-bond donors (Lipinski definition) is 0. The van der Waals surface area contributed by atoms with Gasteiger partial charge < -0.3 is 4.90 Å². The first-order valence-corrected chi connectivity index (χ1v) is 11.9. The molecule has 29 heavy (non-hydrogen) atoms. The van der Waals surface area contributed by atoms with Crippen molar-refractivity contribution < 1.29 is 4.79 Å². The third kappa shape index (κ3) is 4.51. The maximum Gasteiger partial charge on any atom is 0.232 e.